The zero-order valence-electron chi connectivity index (χ0n) is 12.6. The summed E-state index contributed by atoms with van der Waals surface area (Å²) in [6, 6.07) is 19.9. The lowest BCUT2D eigenvalue weighted by Gasteiger charge is -2.36. The zero-order chi connectivity index (χ0) is 14.5. The molecule has 1 N–H and O–H groups in total. The fourth-order valence-electron chi connectivity index (χ4n) is 3.03. The predicted molar refractivity (Wildman–Crippen MR) is 86.9 cm³/mol. The van der Waals surface area contributed by atoms with E-state index in [2.05, 4.69) is 53.8 Å². The zero-order valence-corrected chi connectivity index (χ0v) is 12.6. The molecule has 0 saturated heterocycles. The van der Waals surface area contributed by atoms with Crippen LogP contribution in [0.5, 0.6) is 5.75 Å². The van der Waals surface area contributed by atoms with Crippen molar-refractivity contribution < 1.29 is 4.74 Å². The van der Waals surface area contributed by atoms with Gasteiger partial charge in [-0.2, -0.15) is 0 Å². The molecule has 0 atom stereocenters. The van der Waals surface area contributed by atoms with Crippen LogP contribution in [0.3, 0.4) is 0 Å². The minimum absolute atomic E-state index is 0.681. The molecule has 0 bridgehead atoms. The molecule has 2 nitrogen and oxygen atoms in total. The smallest absolute Gasteiger partial charge is 0.119 e. The molecule has 3 rings (SSSR count). The van der Waals surface area contributed by atoms with Crippen LogP contribution in [0.15, 0.2) is 54.6 Å². The summed E-state index contributed by atoms with van der Waals surface area (Å²) < 4.78 is 5.26. The Labute approximate surface area is 127 Å². The lowest BCUT2D eigenvalue weighted by Crippen LogP contribution is -2.40. The highest BCUT2D eigenvalue weighted by Crippen LogP contribution is 2.36. The van der Waals surface area contributed by atoms with E-state index >= 15 is 0 Å². The lowest BCUT2D eigenvalue weighted by molar-refractivity contribution is 0.293. The average Bonchev–Trinajstić information content (AvgIpc) is 2.50. The molecule has 0 unspecified atom stereocenters. The molecule has 2 aromatic rings. The molecule has 1 fully saturated rings. The molecule has 2 aromatic carbocycles. The third kappa shape index (κ3) is 3.64. The SMILES string of the molecule is COc1cccc(CCNC2CC(c3ccccc3)C2)c1. The quantitative estimate of drug-likeness (QED) is 0.870. The van der Waals surface area contributed by atoms with Gasteiger partial charge in [-0.1, -0.05) is 42.5 Å². The van der Waals surface area contributed by atoms with Crippen molar-refractivity contribution in [3.05, 3.63) is 65.7 Å². The fraction of sp³-hybridized carbons (Fsp3) is 0.368. The van der Waals surface area contributed by atoms with E-state index in [9.17, 15) is 0 Å². The van der Waals surface area contributed by atoms with Crippen molar-refractivity contribution in [1.82, 2.24) is 5.32 Å². The summed E-state index contributed by atoms with van der Waals surface area (Å²) in [4.78, 5) is 0. The minimum atomic E-state index is 0.681. The Kier molecular flexibility index (Phi) is 4.56. The third-order valence-corrected chi connectivity index (χ3v) is 4.39. The van der Waals surface area contributed by atoms with Gasteiger partial charge in [0.1, 0.15) is 5.75 Å². The maximum absolute atomic E-state index is 5.26. The average molecular weight is 281 g/mol. The van der Waals surface area contributed by atoms with Gasteiger partial charge < -0.3 is 10.1 Å². The van der Waals surface area contributed by atoms with E-state index in [1.807, 2.05) is 6.07 Å². The Hall–Kier alpha value is -1.80. The number of nitrogens with one attached hydrogen (secondary N) is 1. The Morgan fingerprint density at radius 3 is 2.62 bits per heavy atom. The first-order valence-electron chi connectivity index (χ1n) is 7.76. The second-order valence-corrected chi connectivity index (χ2v) is 5.83. The first-order valence-corrected chi connectivity index (χ1v) is 7.76. The monoisotopic (exact) mass is 281 g/mol. The van der Waals surface area contributed by atoms with Crippen LogP contribution in [0.25, 0.3) is 0 Å². The summed E-state index contributed by atoms with van der Waals surface area (Å²) >= 11 is 0. The Bertz CT molecular complexity index is 561. The number of hydrogen-bond donors (Lipinski definition) is 1. The van der Waals surface area contributed by atoms with Gasteiger partial charge in [-0.15, -0.1) is 0 Å². The van der Waals surface area contributed by atoms with Crippen molar-refractivity contribution in [2.24, 2.45) is 0 Å². The van der Waals surface area contributed by atoms with Crippen LogP contribution in [0.2, 0.25) is 0 Å². The van der Waals surface area contributed by atoms with Gasteiger partial charge in [0, 0.05) is 6.04 Å². The van der Waals surface area contributed by atoms with E-state index in [0.717, 1.165) is 24.6 Å². The van der Waals surface area contributed by atoms with Crippen LogP contribution < -0.4 is 10.1 Å². The number of hydrogen-bond acceptors (Lipinski definition) is 2. The molecule has 0 aromatic heterocycles. The molecule has 1 aliphatic rings. The molecule has 0 heterocycles. The van der Waals surface area contributed by atoms with Gasteiger partial charge in [0.2, 0.25) is 0 Å². The molecule has 1 saturated carbocycles. The van der Waals surface area contributed by atoms with Crippen molar-refractivity contribution in [3.63, 3.8) is 0 Å². The summed E-state index contributed by atoms with van der Waals surface area (Å²) in [5.74, 6) is 1.70. The molecular formula is C19H23NO. The lowest BCUT2D eigenvalue weighted by atomic mass is 9.76. The number of rotatable bonds is 6. The number of methoxy groups -OCH3 is 1. The van der Waals surface area contributed by atoms with Gasteiger partial charge in [-0.05, 0) is 55.0 Å². The van der Waals surface area contributed by atoms with E-state index in [1.165, 1.54) is 24.0 Å². The third-order valence-electron chi connectivity index (χ3n) is 4.39. The highest BCUT2D eigenvalue weighted by Gasteiger charge is 2.29. The molecule has 1 aliphatic carbocycles. The van der Waals surface area contributed by atoms with Gasteiger partial charge in [0.25, 0.3) is 0 Å². The topological polar surface area (TPSA) is 21.3 Å². The van der Waals surface area contributed by atoms with Crippen molar-refractivity contribution in [2.45, 2.75) is 31.2 Å². The van der Waals surface area contributed by atoms with Crippen LogP contribution in [0.1, 0.15) is 29.9 Å². The standard InChI is InChI=1S/C19H23NO/c1-21-19-9-5-6-15(12-19)10-11-20-18-13-17(14-18)16-7-3-2-4-8-16/h2-9,12,17-18,20H,10-11,13-14H2,1H3. The summed E-state index contributed by atoms with van der Waals surface area (Å²) in [7, 11) is 1.72. The highest BCUT2D eigenvalue weighted by molar-refractivity contribution is 5.28. The Morgan fingerprint density at radius 2 is 1.86 bits per heavy atom. The first-order chi connectivity index (χ1) is 10.3. The maximum Gasteiger partial charge on any atom is 0.119 e. The predicted octanol–water partition coefficient (Wildman–Crippen LogP) is 3.77. The minimum Gasteiger partial charge on any atom is -0.497 e. The molecule has 21 heavy (non-hydrogen) atoms. The normalized spacial score (nSPS) is 20.8. The van der Waals surface area contributed by atoms with Crippen LogP contribution in [0.4, 0.5) is 0 Å². The van der Waals surface area contributed by atoms with Crippen LogP contribution >= 0.6 is 0 Å². The summed E-state index contributed by atoms with van der Waals surface area (Å²) in [5, 5.41) is 3.66. The second kappa shape index (κ2) is 6.77. The summed E-state index contributed by atoms with van der Waals surface area (Å²) in [5.41, 5.74) is 2.82. The molecule has 0 radical (unpaired) electrons. The first kappa shape index (κ1) is 14.2. The van der Waals surface area contributed by atoms with Crippen molar-refractivity contribution in [1.29, 1.82) is 0 Å². The van der Waals surface area contributed by atoms with E-state index in [0.29, 0.717) is 6.04 Å². The summed E-state index contributed by atoms with van der Waals surface area (Å²) in [6.45, 7) is 1.04. The number of ether oxygens (including phenoxy) is 1. The maximum atomic E-state index is 5.26. The van der Waals surface area contributed by atoms with E-state index in [-0.39, 0.29) is 0 Å². The van der Waals surface area contributed by atoms with E-state index < -0.39 is 0 Å². The van der Waals surface area contributed by atoms with Gasteiger partial charge in [-0.25, -0.2) is 0 Å². The van der Waals surface area contributed by atoms with Gasteiger partial charge in [0.05, 0.1) is 7.11 Å². The van der Waals surface area contributed by atoms with Crippen LogP contribution in [-0.4, -0.2) is 19.7 Å². The van der Waals surface area contributed by atoms with Crippen LogP contribution in [0, 0.1) is 0 Å². The van der Waals surface area contributed by atoms with Gasteiger partial charge >= 0.3 is 0 Å². The second-order valence-electron chi connectivity index (χ2n) is 5.83. The van der Waals surface area contributed by atoms with Crippen LogP contribution in [-0.2, 0) is 6.42 Å². The van der Waals surface area contributed by atoms with Crippen molar-refractivity contribution in [3.8, 4) is 5.75 Å². The highest BCUT2D eigenvalue weighted by atomic mass is 16.5. The Balaban J connectivity index is 1.40. The molecule has 0 amide bonds. The van der Waals surface area contributed by atoms with Gasteiger partial charge in [0.15, 0.2) is 0 Å². The summed E-state index contributed by atoms with van der Waals surface area (Å²) in [6.07, 6.45) is 3.59. The van der Waals surface area contributed by atoms with Crippen molar-refractivity contribution >= 4 is 0 Å². The van der Waals surface area contributed by atoms with E-state index in [1.54, 1.807) is 7.11 Å². The number of benzene rings is 2. The van der Waals surface area contributed by atoms with Gasteiger partial charge in [-0.3, -0.25) is 0 Å². The fourth-order valence-corrected chi connectivity index (χ4v) is 3.03. The Morgan fingerprint density at radius 1 is 1.05 bits per heavy atom. The molecule has 2 heteroatoms. The van der Waals surface area contributed by atoms with Crippen molar-refractivity contribution in [2.75, 3.05) is 13.7 Å². The van der Waals surface area contributed by atoms with E-state index in [4.69, 9.17) is 4.74 Å². The molecule has 0 aliphatic heterocycles. The molecule has 0 spiro atoms. The largest absolute Gasteiger partial charge is 0.497 e. The molecule has 110 valence electrons. The molecular weight excluding hydrogens is 258 g/mol.